The number of nitrogens with zero attached hydrogens (tertiary/aromatic N) is 2. The van der Waals surface area contributed by atoms with Crippen LogP contribution in [0.25, 0.3) is 10.9 Å². The maximum atomic E-state index is 10.1. The van der Waals surface area contributed by atoms with E-state index < -0.39 is 0 Å². The van der Waals surface area contributed by atoms with Crippen LogP contribution in [0.1, 0.15) is 25.0 Å². The van der Waals surface area contributed by atoms with Gasteiger partial charge in [0, 0.05) is 34.2 Å². The number of rotatable bonds is 6. The fourth-order valence-electron chi connectivity index (χ4n) is 2.91. The summed E-state index contributed by atoms with van der Waals surface area (Å²) in [6.45, 7) is 6.66. The summed E-state index contributed by atoms with van der Waals surface area (Å²) < 4.78 is 0. The van der Waals surface area contributed by atoms with Crippen LogP contribution in [0, 0.1) is 0 Å². The van der Waals surface area contributed by atoms with Crippen LogP contribution in [0.3, 0.4) is 0 Å². The standard InChI is InChI=1S/C20H22ClN3O2/c1-3-24(4-2)12-13-9-15(6-8-19(13)25)22-11-17-16-10-14(21)5-7-18(16)23-20(17)26/h5-11,23,25-26H,3-4,12H2,1-2H3. The lowest BCUT2D eigenvalue weighted by molar-refractivity contribution is 0.291. The molecule has 6 heteroatoms. The minimum Gasteiger partial charge on any atom is -0.508 e. The van der Waals surface area contributed by atoms with Gasteiger partial charge in [-0.2, -0.15) is 0 Å². The maximum absolute atomic E-state index is 10.1. The summed E-state index contributed by atoms with van der Waals surface area (Å²) in [5.41, 5.74) is 2.91. The van der Waals surface area contributed by atoms with E-state index in [0.29, 0.717) is 22.8 Å². The van der Waals surface area contributed by atoms with Gasteiger partial charge in [-0.05, 0) is 49.5 Å². The molecule has 26 heavy (non-hydrogen) atoms. The van der Waals surface area contributed by atoms with Crippen LogP contribution in [-0.2, 0) is 6.54 Å². The molecule has 1 aromatic heterocycles. The van der Waals surface area contributed by atoms with E-state index in [2.05, 4.69) is 28.7 Å². The topological polar surface area (TPSA) is 71.8 Å². The Morgan fingerprint density at radius 3 is 2.62 bits per heavy atom. The Morgan fingerprint density at radius 2 is 1.88 bits per heavy atom. The van der Waals surface area contributed by atoms with Crippen molar-refractivity contribution in [2.45, 2.75) is 20.4 Å². The third-order valence-electron chi connectivity index (χ3n) is 4.47. The molecule has 0 spiro atoms. The molecule has 0 saturated carbocycles. The van der Waals surface area contributed by atoms with E-state index >= 15 is 0 Å². The Labute approximate surface area is 157 Å². The molecule has 0 bridgehead atoms. The molecule has 3 N–H and O–H groups in total. The average molecular weight is 372 g/mol. The highest BCUT2D eigenvalue weighted by atomic mass is 35.5. The Bertz CT molecular complexity index is 946. The van der Waals surface area contributed by atoms with Crippen molar-refractivity contribution >= 4 is 34.4 Å². The fourth-order valence-corrected chi connectivity index (χ4v) is 3.08. The lowest BCUT2D eigenvalue weighted by atomic mass is 10.1. The lowest BCUT2D eigenvalue weighted by Crippen LogP contribution is -2.22. The number of benzene rings is 2. The first-order chi connectivity index (χ1) is 12.5. The summed E-state index contributed by atoms with van der Waals surface area (Å²) >= 11 is 6.06. The van der Waals surface area contributed by atoms with Gasteiger partial charge in [-0.25, -0.2) is 0 Å². The Kier molecular flexibility index (Phi) is 5.49. The first-order valence-corrected chi connectivity index (χ1v) is 8.98. The third-order valence-corrected chi connectivity index (χ3v) is 4.71. The summed E-state index contributed by atoms with van der Waals surface area (Å²) in [6.07, 6.45) is 1.61. The maximum Gasteiger partial charge on any atom is 0.198 e. The van der Waals surface area contributed by atoms with Gasteiger partial charge in [-0.3, -0.25) is 9.89 Å². The molecule has 0 atom stereocenters. The van der Waals surface area contributed by atoms with Gasteiger partial charge >= 0.3 is 0 Å². The normalized spacial score (nSPS) is 11.8. The molecule has 136 valence electrons. The average Bonchev–Trinajstić information content (AvgIpc) is 2.94. The van der Waals surface area contributed by atoms with Crippen molar-refractivity contribution in [2.75, 3.05) is 13.1 Å². The van der Waals surface area contributed by atoms with Gasteiger partial charge in [0.25, 0.3) is 0 Å². The molecular weight excluding hydrogens is 350 g/mol. The second kappa shape index (κ2) is 7.81. The zero-order valence-electron chi connectivity index (χ0n) is 14.8. The van der Waals surface area contributed by atoms with Crippen molar-refractivity contribution in [1.82, 2.24) is 9.88 Å². The molecule has 0 radical (unpaired) electrons. The monoisotopic (exact) mass is 371 g/mol. The number of H-pyrrole nitrogens is 1. The Balaban J connectivity index is 1.92. The van der Waals surface area contributed by atoms with Crippen molar-refractivity contribution in [3.05, 3.63) is 52.5 Å². The van der Waals surface area contributed by atoms with Crippen molar-refractivity contribution in [1.29, 1.82) is 0 Å². The second-order valence-electron chi connectivity index (χ2n) is 6.11. The third kappa shape index (κ3) is 3.84. The Hall–Kier alpha value is -2.50. The number of fused-ring (bicyclic) bond motifs is 1. The summed E-state index contributed by atoms with van der Waals surface area (Å²) in [7, 11) is 0. The fraction of sp³-hybridized carbons (Fsp3) is 0.250. The number of nitrogens with one attached hydrogen (secondary N) is 1. The number of hydrogen-bond acceptors (Lipinski definition) is 4. The molecule has 0 aliphatic rings. The van der Waals surface area contributed by atoms with E-state index in [1.54, 1.807) is 30.5 Å². The molecule has 0 saturated heterocycles. The van der Waals surface area contributed by atoms with Crippen LogP contribution in [-0.4, -0.2) is 39.4 Å². The molecule has 0 aliphatic heterocycles. The SMILES string of the molecule is CCN(CC)Cc1cc(N=Cc2c(O)[nH]c3ccc(Cl)cc23)ccc1O. The van der Waals surface area contributed by atoms with Gasteiger partial charge in [0.15, 0.2) is 5.88 Å². The van der Waals surface area contributed by atoms with Gasteiger partial charge in [0.2, 0.25) is 0 Å². The highest BCUT2D eigenvalue weighted by Gasteiger charge is 2.10. The molecule has 3 aromatic rings. The van der Waals surface area contributed by atoms with Crippen molar-refractivity contribution < 1.29 is 10.2 Å². The summed E-state index contributed by atoms with van der Waals surface area (Å²) in [5, 5.41) is 21.7. The number of phenols is 1. The molecule has 5 nitrogen and oxygen atoms in total. The van der Waals surface area contributed by atoms with Crippen molar-refractivity contribution in [3.63, 3.8) is 0 Å². The van der Waals surface area contributed by atoms with E-state index in [0.717, 1.165) is 29.6 Å². The molecule has 0 fully saturated rings. The van der Waals surface area contributed by atoms with Crippen LogP contribution in [0.5, 0.6) is 11.6 Å². The van der Waals surface area contributed by atoms with E-state index in [4.69, 9.17) is 11.6 Å². The minimum atomic E-state index is 0.0492. The molecule has 0 unspecified atom stereocenters. The van der Waals surface area contributed by atoms with Gasteiger partial charge < -0.3 is 15.2 Å². The zero-order chi connectivity index (χ0) is 18.7. The van der Waals surface area contributed by atoms with E-state index in [9.17, 15) is 10.2 Å². The quantitative estimate of drug-likeness (QED) is 0.544. The van der Waals surface area contributed by atoms with E-state index in [-0.39, 0.29) is 11.6 Å². The summed E-state index contributed by atoms with van der Waals surface area (Å²) in [6, 6.07) is 10.6. The number of aromatic hydroxyl groups is 2. The van der Waals surface area contributed by atoms with Crippen LogP contribution >= 0.6 is 11.6 Å². The van der Waals surface area contributed by atoms with Gasteiger partial charge in [0.05, 0.1) is 11.3 Å². The highest BCUT2D eigenvalue weighted by molar-refractivity contribution is 6.31. The summed E-state index contributed by atoms with van der Waals surface area (Å²) in [4.78, 5) is 9.60. The number of aliphatic imine (C=N–C) groups is 1. The van der Waals surface area contributed by atoms with E-state index in [1.807, 2.05) is 12.1 Å². The van der Waals surface area contributed by atoms with Crippen molar-refractivity contribution in [3.8, 4) is 11.6 Å². The highest BCUT2D eigenvalue weighted by Crippen LogP contribution is 2.29. The first kappa shape index (κ1) is 18.3. The number of aromatic amines is 1. The zero-order valence-corrected chi connectivity index (χ0v) is 15.6. The largest absolute Gasteiger partial charge is 0.508 e. The molecule has 1 heterocycles. The first-order valence-electron chi connectivity index (χ1n) is 8.60. The van der Waals surface area contributed by atoms with Gasteiger partial charge in [0.1, 0.15) is 5.75 Å². The van der Waals surface area contributed by atoms with Crippen molar-refractivity contribution in [2.24, 2.45) is 4.99 Å². The number of phenolic OH excluding ortho intramolecular Hbond substituents is 1. The molecule has 3 rings (SSSR count). The molecule has 0 aliphatic carbocycles. The van der Waals surface area contributed by atoms with Gasteiger partial charge in [-0.15, -0.1) is 0 Å². The van der Waals surface area contributed by atoms with Gasteiger partial charge in [-0.1, -0.05) is 25.4 Å². The number of hydrogen-bond donors (Lipinski definition) is 3. The van der Waals surface area contributed by atoms with Crippen LogP contribution in [0.15, 0.2) is 41.4 Å². The number of aromatic nitrogens is 1. The number of halogens is 1. The Morgan fingerprint density at radius 1 is 1.12 bits per heavy atom. The van der Waals surface area contributed by atoms with Crippen LogP contribution in [0.2, 0.25) is 5.02 Å². The molecular formula is C20H22ClN3O2. The predicted octanol–water partition coefficient (Wildman–Crippen LogP) is 4.82. The summed E-state index contributed by atoms with van der Waals surface area (Å²) in [5.74, 6) is 0.311. The predicted molar refractivity (Wildman–Crippen MR) is 107 cm³/mol. The molecule has 0 amide bonds. The minimum absolute atomic E-state index is 0.0492. The lowest BCUT2D eigenvalue weighted by Gasteiger charge is -2.18. The van der Waals surface area contributed by atoms with Crippen LogP contribution in [0.4, 0.5) is 5.69 Å². The second-order valence-corrected chi connectivity index (χ2v) is 6.55. The van der Waals surface area contributed by atoms with E-state index in [1.165, 1.54) is 0 Å². The smallest absolute Gasteiger partial charge is 0.198 e. The van der Waals surface area contributed by atoms with Crippen LogP contribution < -0.4 is 0 Å². The molecule has 2 aromatic carbocycles.